The SMILES string of the molecule is CN(C)c1ccc(N)cc1.CN(c1ccccc1)c1ccc(N)cc1.Cn1c2ccccc2c2ccc(N)cc21.Nc1ccc(N(c2ccccc2)c2ccccc2)cc1.Nc1ccc2c(c1)oc1ccccc12.Nc1ccc2c(c1)sc1ccccc12. The summed E-state index contributed by atoms with van der Waals surface area (Å²) >= 11 is 1.80. The van der Waals surface area contributed by atoms with Gasteiger partial charge >= 0.3 is 0 Å². The zero-order chi connectivity index (χ0) is 61.5. The number of anilines is 12. The van der Waals surface area contributed by atoms with Gasteiger partial charge in [0.05, 0.1) is 5.52 Å². The number of rotatable bonds is 6. The molecular weight excluding hydrogens is 1100 g/mol. The summed E-state index contributed by atoms with van der Waals surface area (Å²) < 4.78 is 10.4. The monoisotopic (exact) mass is 1170 g/mol. The molecular formula is C76H72N10OS. The van der Waals surface area contributed by atoms with E-state index >= 15 is 0 Å². The van der Waals surface area contributed by atoms with E-state index in [1.165, 1.54) is 53.4 Å². The molecule has 0 amide bonds. The van der Waals surface area contributed by atoms with Crippen molar-refractivity contribution >= 4 is 144 Å². The van der Waals surface area contributed by atoms with Gasteiger partial charge in [0.15, 0.2) is 0 Å². The van der Waals surface area contributed by atoms with Crippen LogP contribution in [0, 0.1) is 0 Å². The highest BCUT2D eigenvalue weighted by molar-refractivity contribution is 7.25. The highest BCUT2D eigenvalue weighted by Crippen LogP contribution is 2.37. The maximum atomic E-state index is 5.80. The Balaban J connectivity index is 0.000000118. The fourth-order valence-electron chi connectivity index (χ4n) is 10.2. The van der Waals surface area contributed by atoms with Crippen LogP contribution in [0.2, 0.25) is 0 Å². The van der Waals surface area contributed by atoms with Crippen LogP contribution in [0.3, 0.4) is 0 Å². The van der Waals surface area contributed by atoms with Gasteiger partial charge in [-0.05, 0) is 164 Å². The van der Waals surface area contributed by atoms with Gasteiger partial charge < -0.3 is 58.1 Å². The summed E-state index contributed by atoms with van der Waals surface area (Å²) in [4.78, 5) is 6.37. The Bertz CT molecular complexity index is 4530. The molecule has 0 aliphatic heterocycles. The summed E-state index contributed by atoms with van der Waals surface area (Å²) in [6, 6.07) is 97.2. The molecule has 0 unspecified atom stereocenters. The van der Waals surface area contributed by atoms with E-state index in [9.17, 15) is 0 Å². The summed E-state index contributed by atoms with van der Waals surface area (Å²) in [5.74, 6) is 0. The quantitative estimate of drug-likeness (QED) is 0.0876. The van der Waals surface area contributed by atoms with Crippen LogP contribution in [0.25, 0.3) is 63.9 Å². The molecule has 0 bridgehead atoms. The number of aryl methyl sites for hydroxylation is 1. The molecule has 12 heteroatoms. The zero-order valence-electron chi connectivity index (χ0n) is 49.8. The van der Waals surface area contributed by atoms with E-state index in [2.05, 4.69) is 125 Å². The lowest BCUT2D eigenvalue weighted by molar-refractivity contribution is 0.669. The van der Waals surface area contributed by atoms with Crippen LogP contribution in [-0.4, -0.2) is 25.7 Å². The first-order valence-corrected chi connectivity index (χ1v) is 29.6. The van der Waals surface area contributed by atoms with Gasteiger partial charge in [0, 0.05) is 150 Å². The second kappa shape index (κ2) is 28.0. The molecule has 0 aliphatic carbocycles. The first-order chi connectivity index (χ1) is 42.8. The summed E-state index contributed by atoms with van der Waals surface area (Å²) in [7, 11) is 8.13. The van der Waals surface area contributed by atoms with E-state index in [4.69, 9.17) is 38.8 Å². The second-order valence-corrected chi connectivity index (χ2v) is 22.2. The smallest absolute Gasteiger partial charge is 0.137 e. The van der Waals surface area contributed by atoms with Gasteiger partial charge in [0.2, 0.25) is 0 Å². The Morgan fingerprint density at radius 2 is 0.670 bits per heavy atom. The lowest BCUT2D eigenvalue weighted by Gasteiger charge is -2.25. The van der Waals surface area contributed by atoms with Crippen LogP contribution < -0.4 is 49.1 Å². The summed E-state index contributed by atoms with van der Waals surface area (Å²) in [5, 5.41) is 7.45. The number of nitrogen functional groups attached to an aromatic ring is 6. The largest absolute Gasteiger partial charge is 0.456 e. The van der Waals surface area contributed by atoms with Gasteiger partial charge in [-0.15, -0.1) is 11.3 Å². The van der Waals surface area contributed by atoms with E-state index < -0.39 is 0 Å². The first kappa shape index (κ1) is 59.8. The molecule has 11 nitrogen and oxygen atoms in total. The minimum atomic E-state index is 0.733. The normalized spacial score (nSPS) is 10.5. The second-order valence-electron chi connectivity index (χ2n) is 21.1. The number of furan rings is 1. The Morgan fingerprint density at radius 3 is 1.25 bits per heavy atom. The number of fused-ring (bicyclic) bond motifs is 9. The molecule has 0 radical (unpaired) electrons. The fraction of sp³-hybridized carbons (Fsp3) is 0.0526. The highest BCUT2D eigenvalue weighted by Gasteiger charge is 2.12. The molecule has 0 saturated carbocycles. The minimum Gasteiger partial charge on any atom is -0.456 e. The van der Waals surface area contributed by atoms with E-state index in [0.29, 0.717) is 0 Å². The zero-order valence-corrected chi connectivity index (χ0v) is 50.6. The molecule has 0 atom stereocenters. The van der Waals surface area contributed by atoms with E-state index in [1.807, 2.05) is 214 Å². The van der Waals surface area contributed by atoms with Crippen molar-refractivity contribution in [3.63, 3.8) is 0 Å². The van der Waals surface area contributed by atoms with Crippen LogP contribution in [-0.2, 0) is 7.05 Å². The maximum Gasteiger partial charge on any atom is 0.137 e. The van der Waals surface area contributed by atoms with Crippen molar-refractivity contribution in [2.24, 2.45) is 7.05 Å². The van der Waals surface area contributed by atoms with Crippen molar-refractivity contribution in [2.45, 2.75) is 0 Å². The Labute approximate surface area is 518 Å². The predicted molar refractivity (Wildman–Crippen MR) is 383 cm³/mol. The molecule has 12 aromatic carbocycles. The summed E-state index contributed by atoms with van der Waals surface area (Å²) in [6.07, 6.45) is 0. The third kappa shape index (κ3) is 14.6. The number of nitrogens with two attached hydrogens (primary N) is 6. The topological polar surface area (TPSA) is 184 Å². The van der Waals surface area contributed by atoms with Crippen LogP contribution >= 0.6 is 11.3 Å². The minimum absolute atomic E-state index is 0.733. The van der Waals surface area contributed by atoms with E-state index in [0.717, 1.165) is 78.8 Å². The molecule has 15 aromatic rings. The third-order valence-electron chi connectivity index (χ3n) is 14.8. The highest BCUT2D eigenvalue weighted by atomic mass is 32.1. The lowest BCUT2D eigenvalue weighted by Crippen LogP contribution is -2.09. The Kier molecular flexibility index (Phi) is 19.1. The number of para-hydroxylation sites is 5. The molecule has 0 saturated heterocycles. The molecule has 438 valence electrons. The number of hydrogen-bond donors (Lipinski definition) is 6. The van der Waals surface area contributed by atoms with Crippen LogP contribution in [0.1, 0.15) is 0 Å². The van der Waals surface area contributed by atoms with Crippen molar-refractivity contribution in [2.75, 3.05) is 70.2 Å². The summed E-state index contributed by atoms with van der Waals surface area (Å²) in [5.41, 5.74) is 50.0. The fourth-order valence-corrected chi connectivity index (χ4v) is 11.3. The van der Waals surface area contributed by atoms with Crippen LogP contribution in [0.5, 0.6) is 0 Å². The molecule has 0 fully saturated rings. The Hall–Kier alpha value is -11.3. The van der Waals surface area contributed by atoms with Gasteiger partial charge in [-0.25, -0.2) is 0 Å². The number of benzene rings is 12. The van der Waals surface area contributed by atoms with Gasteiger partial charge in [-0.3, -0.25) is 0 Å². The van der Waals surface area contributed by atoms with Gasteiger partial charge in [-0.2, -0.15) is 0 Å². The van der Waals surface area contributed by atoms with Crippen molar-refractivity contribution < 1.29 is 4.42 Å². The number of thiophene rings is 1. The number of aromatic nitrogens is 1. The predicted octanol–water partition coefficient (Wildman–Crippen LogP) is 18.8. The molecule has 3 aromatic heterocycles. The van der Waals surface area contributed by atoms with Gasteiger partial charge in [-0.1, -0.05) is 121 Å². The van der Waals surface area contributed by atoms with E-state index in [1.54, 1.807) is 11.3 Å². The van der Waals surface area contributed by atoms with Crippen LogP contribution in [0.4, 0.5) is 68.2 Å². The Morgan fingerprint density at radius 1 is 0.295 bits per heavy atom. The molecule has 3 heterocycles. The van der Waals surface area contributed by atoms with Crippen molar-refractivity contribution in [3.8, 4) is 0 Å². The maximum absolute atomic E-state index is 5.80. The summed E-state index contributed by atoms with van der Waals surface area (Å²) in [6.45, 7) is 0. The van der Waals surface area contributed by atoms with Gasteiger partial charge in [0.1, 0.15) is 11.2 Å². The number of nitrogens with zero attached hydrogens (tertiary/aromatic N) is 4. The van der Waals surface area contributed by atoms with Gasteiger partial charge in [0.25, 0.3) is 0 Å². The van der Waals surface area contributed by atoms with Crippen molar-refractivity contribution in [3.05, 3.63) is 291 Å². The average molecular weight is 1170 g/mol. The molecule has 12 N–H and O–H groups in total. The average Bonchev–Trinajstić information content (AvgIpc) is 1.98. The standard InChI is InChI=1S/C18H16N2.C13H12N2.C13H14N2.C12H9NO.C12H9NS.C8H12N2/c19-15-11-13-18(14-12-15)20(16-7-3-1-4-8-16)17-9-5-2-6-10-17;1-15-12-5-3-2-4-10(12)11-7-6-9(14)8-13(11)15;1-15(12-5-3-2-4-6-12)13-9-7-11(14)8-10-13;2*13-8-5-6-10-9-3-1-2-4-11(9)14-12(10)7-8;1-10(2)8-5-3-7(9)4-6-8/h1-14H,19H2;2-8H,14H2,1H3;2-10H,14H2,1H3;2*1-7H,13H2;3-6H,9H2,1-2H3. The number of hydrogen-bond acceptors (Lipinski definition) is 11. The third-order valence-corrected chi connectivity index (χ3v) is 15.9. The van der Waals surface area contributed by atoms with Crippen LogP contribution in [0.15, 0.2) is 296 Å². The first-order valence-electron chi connectivity index (χ1n) is 28.8. The van der Waals surface area contributed by atoms with Crippen molar-refractivity contribution in [1.82, 2.24) is 4.57 Å². The molecule has 0 spiro atoms. The molecule has 0 aliphatic rings. The lowest BCUT2D eigenvalue weighted by atomic mass is 10.1. The molecule has 88 heavy (non-hydrogen) atoms. The molecule has 15 rings (SSSR count). The van der Waals surface area contributed by atoms with E-state index in [-0.39, 0.29) is 0 Å². The van der Waals surface area contributed by atoms with Crippen molar-refractivity contribution in [1.29, 1.82) is 0 Å².